The van der Waals surface area contributed by atoms with E-state index in [1.165, 1.54) is 0 Å². The van der Waals surface area contributed by atoms with Crippen molar-refractivity contribution in [3.63, 3.8) is 0 Å². The predicted molar refractivity (Wildman–Crippen MR) is 294 cm³/mol. The van der Waals surface area contributed by atoms with Gasteiger partial charge in [0.2, 0.25) is 5.95 Å². The van der Waals surface area contributed by atoms with Crippen molar-refractivity contribution in [3.8, 4) is 0 Å². The molecule has 22 atom stereocenters. The number of rotatable bonds is 26. The van der Waals surface area contributed by atoms with Crippen molar-refractivity contribution in [2.24, 2.45) is 0 Å². The van der Waals surface area contributed by atoms with Crippen LogP contribution in [0.3, 0.4) is 0 Å². The highest BCUT2D eigenvalue weighted by Gasteiger charge is 2.55. The Kier molecular flexibility index (Phi) is 20.3. The van der Waals surface area contributed by atoms with Crippen LogP contribution in [0.1, 0.15) is 24.9 Å². The molecule has 4 saturated heterocycles. The highest BCUT2D eigenvalue weighted by atomic mass is 31.3. The fraction of sp³-hybridized carbons (Fsp3) is 0.526. The second kappa shape index (κ2) is 26.9. The molecule has 20 N–H and O–H groups in total. The van der Waals surface area contributed by atoms with Crippen LogP contribution >= 0.6 is 46.9 Å². The number of aliphatic hydroxyl groups excluding tert-OH is 6. The molecule has 0 bridgehead atoms. The smallest absolute Gasteiger partial charge is 0.387 e. The number of H-pyrrole nitrogens is 2. The third kappa shape index (κ3) is 15.6. The maximum atomic E-state index is 13.9. The van der Waals surface area contributed by atoms with Crippen molar-refractivity contribution in [3.05, 3.63) is 85.2 Å². The molecule has 0 aliphatic carbocycles. The number of imidazole rings is 2. The van der Waals surface area contributed by atoms with Gasteiger partial charge in [-0.3, -0.25) is 65.0 Å². The van der Waals surface area contributed by atoms with Gasteiger partial charge in [0.1, 0.15) is 90.9 Å². The number of nitrogens with two attached hydrogens (primary N) is 3. The average Bonchev–Trinajstić information content (AvgIpc) is 1.63. The monoisotopic (exact) mass is 1460 g/mol. The van der Waals surface area contributed by atoms with Gasteiger partial charge in [-0.25, -0.2) is 56.9 Å². The summed E-state index contributed by atoms with van der Waals surface area (Å²) >= 11 is 0. The van der Waals surface area contributed by atoms with Gasteiger partial charge in [-0.15, -0.1) is 0 Å². The molecule has 10 rings (SSSR count). The van der Waals surface area contributed by atoms with Crippen molar-refractivity contribution in [2.45, 2.75) is 98.2 Å². The molecule has 4 aliphatic rings. The molecule has 0 radical (unpaired) electrons. The van der Waals surface area contributed by atoms with E-state index >= 15 is 0 Å². The number of anilines is 3. The number of ether oxygens (including phenoxy) is 4. The van der Waals surface area contributed by atoms with Crippen LogP contribution in [0.15, 0.2) is 62.7 Å². The maximum absolute atomic E-state index is 13.9. The second-order valence-corrected chi connectivity index (χ2v) is 29.0. The van der Waals surface area contributed by atoms with Gasteiger partial charge in [-0.2, -0.15) is 22.9 Å². The van der Waals surface area contributed by atoms with Gasteiger partial charge in [0.25, 0.3) is 11.1 Å². The lowest BCUT2D eigenvalue weighted by Gasteiger charge is -2.26. The number of nitrogens with zero attached hydrogens (tertiary/aromatic N) is 10. The van der Waals surface area contributed by atoms with Crippen molar-refractivity contribution in [2.75, 3.05) is 43.6 Å². The molecule has 6 unspecified atom stereocenters. The molecule has 0 spiro atoms. The molecule has 0 saturated carbocycles. The standard InChI is InChI=1S/C38H51N15O35P6/c39-16-1-3-50(37(62)46-16)34-24(59)26(84-89(64,65)76-5-12-20(55)22(57)32(80-12)51-4-2-17(54)47-38(51)63)14(82-34)7-77-90(66,67)85-27-15(83-35(25(27)60)52-10-44-18-28(40)42-9-43-29(18)52)8-79-92(70,71)87-94(74,75)88-93(72,73)86-91(68,69)78-6-13-21(56)23(58)33(81-13)53-11-45-19-30(53)48-36(41)49-31(19)61/h1-4,9-15,20-27,32-35,55-60H,5-8H2,(H,64,65)(H,66,67)(H,68,69)(H,70,71)(H,72,73)(H,74,75)(H2,39,46,62)(H2,40,42,43)(H,47,54,63)(H3,41,48,49,61)/t12-,13-,14-,15-,20-,21-,22-,23-,24-,25-,26-,27-,32-,33-,34-,35-/m1/s1. The Labute approximate surface area is 517 Å². The van der Waals surface area contributed by atoms with E-state index in [9.17, 15) is 107 Å². The fourth-order valence-electron chi connectivity index (χ4n) is 9.56. The summed E-state index contributed by atoms with van der Waals surface area (Å²) in [6.45, 7) is -5.37. The number of nitrogen functional groups attached to an aromatic ring is 3. The summed E-state index contributed by atoms with van der Waals surface area (Å²) in [6.07, 6.45) is -27.4. The van der Waals surface area contributed by atoms with Crippen LogP contribution in [0, 0.1) is 0 Å². The largest absolute Gasteiger partial charge is 0.490 e. The molecule has 4 aliphatic heterocycles. The van der Waals surface area contributed by atoms with Crippen LogP contribution in [0.25, 0.3) is 22.3 Å². The Hall–Kier alpha value is -5.76. The number of aliphatic hydroxyl groups is 6. The number of hydrogen-bond acceptors (Lipinski definition) is 38. The minimum atomic E-state index is -6.58. The number of phosphoric acid groups is 6. The Morgan fingerprint density at radius 1 is 0.479 bits per heavy atom. The molecule has 4 fully saturated rings. The van der Waals surface area contributed by atoms with Gasteiger partial charge in [-0.05, 0) is 6.07 Å². The molecule has 94 heavy (non-hydrogen) atoms. The fourth-order valence-corrected chi connectivity index (χ4v) is 16.4. The van der Waals surface area contributed by atoms with Crippen LogP contribution in [0.2, 0.25) is 0 Å². The van der Waals surface area contributed by atoms with Gasteiger partial charge in [0.15, 0.2) is 47.5 Å². The molecule has 50 nitrogen and oxygen atoms in total. The van der Waals surface area contributed by atoms with E-state index in [0.717, 1.165) is 52.6 Å². The second-order valence-electron chi connectivity index (χ2n) is 20.0. The summed E-state index contributed by atoms with van der Waals surface area (Å²) in [5, 5.41) is 65.7. The molecule has 6 aromatic rings. The van der Waals surface area contributed by atoms with Crippen LogP contribution in [-0.2, 0) is 86.4 Å². The Morgan fingerprint density at radius 2 is 0.915 bits per heavy atom. The molecule has 0 amide bonds. The van der Waals surface area contributed by atoms with Crippen LogP contribution in [0.4, 0.5) is 17.6 Å². The van der Waals surface area contributed by atoms with Gasteiger partial charge >= 0.3 is 58.3 Å². The zero-order chi connectivity index (χ0) is 68.5. The highest BCUT2D eigenvalue weighted by molar-refractivity contribution is 7.69. The SMILES string of the molecule is Nc1ccn([C@@H]2O[C@H](COP(=O)(O)O[C@H]3[C@@H](O)[C@H](n4cnc5c(N)ncnc54)O[C@@H]3COP(=O)(O)OP(=O)(O)OP(=O)(O)OP(=O)(O)OC[C@H]3O[C@@H](n4cnc5c(=O)[nH]c(N)nc54)[C@H](O)[C@@H]3O)[C@@H](OP(=O)(O)OC[C@H]3O[C@@H](n4ccc(=O)[nH]c4=O)[C@H](O)[C@@H]3O)[C@H]2O)c(=O)n1. The molecule has 56 heteroatoms. The minimum Gasteiger partial charge on any atom is -0.387 e. The number of nitrogens with one attached hydrogen (secondary N) is 2. The summed E-state index contributed by atoms with van der Waals surface area (Å²) < 4.78 is 146. The van der Waals surface area contributed by atoms with E-state index in [1.807, 2.05) is 4.98 Å². The first-order valence-electron chi connectivity index (χ1n) is 25.9. The number of fused-ring (bicyclic) bond motifs is 2. The topological polar surface area (TPSA) is 740 Å². The lowest BCUT2D eigenvalue weighted by molar-refractivity contribution is -0.0640. The Bertz CT molecular complexity index is 4380. The van der Waals surface area contributed by atoms with Crippen molar-refractivity contribution in [1.82, 2.24) is 58.1 Å². The summed E-state index contributed by atoms with van der Waals surface area (Å²) in [7, 11) is -36.9. The molecule has 10 heterocycles. The van der Waals surface area contributed by atoms with Gasteiger partial charge in [-0.1, -0.05) is 0 Å². The number of phosphoric ester groups is 4. The normalized spacial score (nSPS) is 32.0. The van der Waals surface area contributed by atoms with Crippen LogP contribution in [-0.4, -0.2) is 218 Å². The first kappa shape index (κ1) is 71.0. The Balaban J connectivity index is 0.801. The van der Waals surface area contributed by atoms with E-state index in [2.05, 4.69) is 52.3 Å². The lowest BCUT2D eigenvalue weighted by Crippen LogP contribution is -2.38. The van der Waals surface area contributed by atoms with E-state index < -0.39 is 200 Å². The molecule has 6 aromatic heterocycles. The first-order valence-corrected chi connectivity index (χ1v) is 34.9. The summed E-state index contributed by atoms with van der Waals surface area (Å²) in [6, 6.07) is 1.91. The van der Waals surface area contributed by atoms with Gasteiger partial charge in [0.05, 0.1) is 39.1 Å². The third-order valence-corrected chi connectivity index (χ3v) is 21.5. The minimum absolute atomic E-state index is 0.130. The van der Waals surface area contributed by atoms with Crippen molar-refractivity contribution >= 4 is 86.8 Å². The molecular weight excluding hydrogens is 1410 g/mol. The van der Waals surface area contributed by atoms with Gasteiger partial charge < -0.3 is 96.1 Å². The molecule has 518 valence electrons. The molecular formula is C38H51N15O35P6. The zero-order valence-electron chi connectivity index (χ0n) is 46.3. The summed E-state index contributed by atoms with van der Waals surface area (Å²) in [5.41, 5.74) is 12.2. The quantitative estimate of drug-likeness (QED) is 0.0225. The molecule has 0 aromatic carbocycles. The van der Waals surface area contributed by atoms with Crippen molar-refractivity contribution in [1.29, 1.82) is 0 Å². The van der Waals surface area contributed by atoms with E-state index in [-0.39, 0.29) is 34.0 Å². The maximum Gasteiger partial charge on any atom is 0.490 e. The lowest BCUT2D eigenvalue weighted by atomic mass is 10.1. The van der Waals surface area contributed by atoms with E-state index in [1.54, 1.807) is 0 Å². The number of aromatic nitrogens is 12. The number of hydrogen-bond donors (Lipinski definition) is 17. The van der Waals surface area contributed by atoms with Crippen LogP contribution < -0.4 is 39.7 Å². The third-order valence-electron chi connectivity index (χ3n) is 13.7. The first-order chi connectivity index (χ1) is 43.8. The average molecular weight is 1460 g/mol. The van der Waals surface area contributed by atoms with Crippen molar-refractivity contribution < 1.29 is 146 Å². The zero-order valence-corrected chi connectivity index (χ0v) is 51.6. The van der Waals surface area contributed by atoms with Gasteiger partial charge in [0, 0.05) is 18.5 Å². The highest BCUT2D eigenvalue weighted by Crippen LogP contribution is 2.71. The summed E-state index contributed by atoms with van der Waals surface area (Å²) in [4.78, 5) is 140. The van der Waals surface area contributed by atoms with Crippen LogP contribution in [0.5, 0.6) is 0 Å². The van der Waals surface area contributed by atoms with E-state index in [4.69, 9.17) is 58.8 Å². The van der Waals surface area contributed by atoms with E-state index in [0.29, 0.717) is 9.13 Å². The Morgan fingerprint density at radius 3 is 1.44 bits per heavy atom. The predicted octanol–water partition coefficient (Wildman–Crippen LogP) is -6.24. The number of aromatic amines is 2. The summed E-state index contributed by atoms with van der Waals surface area (Å²) in [5.74, 6) is -0.970.